The molecule has 19 heavy (non-hydrogen) atoms. The van der Waals surface area contributed by atoms with Gasteiger partial charge in [-0.05, 0) is 18.2 Å². The van der Waals surface area contributed by atoms with Crippen molar-refractivity contribution >= 4 is 21.9 Å². The minimum absolute atomic E-state index is 0.844. The maximum absolute atomic E-state index is 4.35. The van der Waals surface area contributed by atoms with Gasteiger partial charge in [0.05, 0.1) is 28.6 Å². The van der Waals surface area contributed by atoms with Crippen molar-refractivity contribution < 1.29 is 0 Å². The highest BCUT2D eigenvalue weighted by Gasteiger charge is 2.08. The van der Waals surface area contributed by atoms with E-state index in [1.807, 2.05) is 48.5 Å². The van der Waals surface area contributed by atoms with Crippen LogP contribution < -0.4 is 0 Å². The minimum Gasteiger partial charge on any atom is -0.345 e. The monoisotopic (exact) mass is 246 g/mol. The first-order valence-electron chi connectivity index (χ1n) is 6.07. The van der Waals surface area contributed by atoms with E-state index in [0.717, 1.165) is 33.2 Å². The molecule has 0 fully saturated rings. The fraction of sp³-hybridized carbons (Fsp3) is 0. The largest absolute Gasteiger partial charge is 0.345 e. The molecule has 4 aromatic rings. The van der Waals surface area contributed by atoms with Crippen molar-refractivity contribution in [2.45, 2.75) is 0 Å². The Labute approximate surface area is 109 Å². The van der Waals surface area contributed by atoms with Crippen LogP contribution in [0.25, 0.3) is 33.2 Å². The molecule has 0 radical (unpaired) electrons. The van der Waals surface area contributed by atoms with Gasteiger partial charge in [-0.2, -0.15) is 0 Å². The third-order valence-corrected chi connectivity index (χ3v) is 3.22. The lowest BCUT2D eigenvalue weighted by Crippen LogP contribution is -1.89. The molecule has 0 bridgehead atoms. The molecule has 0 atom stereocenters. The van der Waals surface area contributed by atoms with Gasteiger partial charge in [0.2, 0.25) is 0 Å². The van der Waals surface area contributed by atoms with Crippen LogP contribution in [0.1, 0.15) is 0 Å². The van der Waals surface area contributed by atoms with Gasteiger partial charge < -0.3 is 4.98 Å². The maximum Gasteiger partial charge on any atom is 0.0977 e. The first-order valence-corrected chi connectivity index (χ1v) is 6.07. The first-order chi connectivity index (χ1) is 9.42. The number of nitrogens with one attached hydrogen (secondary N) is 1. The van der Waals surface area contributed by atoms with Crippen LogP contribution in [0.5, 0.6) is 0 Å². The first kappa shape index (κ1) is 10.2. The van der Waals surface area contributed by atoms with E-state index < -0.39 is 0 Å². The molecule has 4 nitrogen and oxygen atoms in total. The average Bonchev–Trinajstić information content (AvgIpc) is 2.95. The van der Waals surface area contributed by atoms with Crippen LogP contribution in [0.4, 0.5) is 0 Å². The Morgan fingerprint density at radius 3 is 2.84 bits per heavy atom. The van der Waals surface area contributed by atoms with Gasteiger partial charge in [-0.3, -0.25) is 0 Å². The van der Waals surface area contributed by atoms with Gasteiger partial charge in [0, 0.05) is 10.9 Å². The molecular weight excluding hydrogens is 236 g/mol. The zero-order chi connectivity index (χ0) is 12.7. The highest BCUT2D eigenvalue weighted by Crippen LogP contribution is 2.26. The number of imidazole rings is 1. The molecule has 0 aliphatic carbocycles. The predicted molar refractivity (Wildman–Crippen MR) is 74.6 cm³/mol. The third kappa shape index (κ3) is 1.57. The summed E-state index contributed by atoms with van der Waals surface area (Å²) in [5, 5.41) is 9.65. The second-order valence-electron chi connectivity index (χ2n) is 4.39. The maximum atomic E-state index is 4.35. The number of H-pyrrole nitrogens is 1. The summed E-state index contributed by atoms with van der Waals surface area (Å²) in [4.78, 5) is 7.46. The van der Waals surface area contributed by atoms with Crippen LogP contribution in [-0.2, 0) is 0 Å². The fourth-order valence-corrected chi connectivity index (χ4v) is 2.29. The summed E-state index contributed by atoms with van der Waals surface area (Å²) in [5.41, 5.74) is 4.67. The van der Waals surface area contributed by atoms with Gasteiger partial charge in [0.1, 0.15) is 0 Å². The summed E-state index contributed by atoms with van der Waals surface area (Å²) < 4.78 is 0. The summed E-state index contributed by atoms with van der Waals surface area (Å²) in [6.45, 7) is 0. The SMILES string of the molecule is c1ccc2nnc(-c3cccc4[nH]cnc34)cc2c1. The predicted octanol–water partition coefficient (Wildman–Crippen LogP) is 3.17. The van der Waals surface area contributed by atoms with E-state index in [-0.39, 0.29) is 0 Å². The highest BCUT2D eigenvalue weighted by atomic mass is 15.1. The Morgan fingerprint density at radius 1 is 0.895 bits per heavy atom. The molecule has 0 unspecified atom stereocenters. The van der Waals surface area contributed by atoms with Crippen molar-refractivity contribution in [3.8, 4) is 11.3 Å². The number of hydrogen-bond acceptors (Lipinski definition) is 3. The number of rotatable bonds is 1. The highest BCUT2D eigenvalue weighted by molar-refractivity contribution is 5.92. The standard InChI is InChI=1S/C15H10N4/c1-2-6-12-10(4-1)8-14(19-18-12)11-5-3-7-13-15(11)17-9-16-13/h1-9H,(H,16,17). The number of fused-ring (bicyclic) bond motifs is 2. The van der Waals surface area contributed by atoms with E-state index in [9.17, 15) is 0 Å². The number of benzene rings is 2. The van der Waals surface area contributed by atoms with Crippen molar-refractivity contribution in [1.82, 2.24) is 20.2 Å². The van der Waals surface area contributed by atoms with Crippen molar-refractivity contribution in [3.05, 3.63) is 54.9 Å². The summed E-state index contributed by atoms with van der Waals surface area (Å²) >= 11 is 0. The second kappa shape index (κ2) is 3.88. The molecule has 2 aromatic carbocycles. The van der Waals surface area contributed by atoms with Gasteiger partial charge in [-0.25, -0.2) is 4.98 Å². The molecule has 4 rings (SSSR count). The molecule has 1 N–H and O–H groups in total. The Hall–Kier alpha value is -2.75. The summed E-state index contributed by atoms with van der Waals surface area (Å²) in [6.07, 6.45) is 1.70. The summed E-state index contributed by atoms with van der Waals surface area (Å²) in [5.74, 6) is 0. The van der Waals surface area contributed by atoms with Crippen LogP contribution in [0.15, 0.2) is 54.9 Å². The van der Waals surface area contributed by atoms with E-state index in [4.69, 9.17) is 0 Å². The molecule has 0 aliphatic heterocycles. The molecule has 2 heterocycles. The van der Waals surface area contributed by atoms with Crippen molar-refractivity contribution in [1.29, 1.82) is 0 Å². The summed E-state index contributed by atoms with van der Waals surface area (Å²) in [6, 6.07) is 16.0. The number of aromatic nitrogens is 4. The van der Waals surface area contributed by atoms with E-state index in [1.54, 1.807) is 6.33 Å². The average molecular weight is 246 g/mol. The zero-order valence-corrected chi connectivity index (χ0v) is 10.0. The van der Waals surface area contributed by atoms with Gasteiger partial charge >= 0.3 is 0 Å². The Bertz CT molecular complexity index is 879. The lowest BCUT2D eigenvalue weighted by atomic mass is 10.1. The normalized spacial score (nSPS) is 11.2. The van der Waals surface area contributed by atoms with Crippen LogP contribution in [0, 0.1) is 0 Å². The molecule has 90 valence electrons. The van der Waals surface area contributed by atoms with Crippen LogP contribution in [0.2, 0.25) is 0 Å². The van der Waals surface area contributed by atoms with Crippen molar-refractivity contribution in [2.24, 2.45) is 0 Å². The van der Waals surface area contributed by atoms with Gasteiger partial charge in [-0.15, -0.1) is 10.2 Å². The van der Waals surface area contributed by atoms with E-state index >= 15 is 0 Å². The van der Waals surface area contributed by atoms with Crippen LogP contribution in [0.3, 0.4) is 0 Å². The third-order valence-electron chi connectivity index (χ3n) is 3.22. The molecule has 0 saturated carbocycles. The molecule has 0 spiro atoms. The molecule has 0 saturated heterocycles. The van der Waals surface area contributed by atoms with E-state index in [2.05, 4.69) is 20.2 Å². The van der Waals surface area contributed by atoms with Crippen LogP contribution >= 0.6 is 0 Å². The molecule has 2 aromatic heterocycles. The van der Waals surface area contributed by atoms with Gasteiger partial charge in [0.15, 0.2) is 0 Å². The second-order valence-corrected chi connectivity index (χ2v) is 4.39. The Morgan fingerprint density at radius 2 is 1.84 bits per heavy atom. The van der Waals surface area contributed by atoms with Crippen molar-refractivity contribution in [3.63, 3.8) is 0 Å². The molecule has 0 aliphatic rings. The fourth-order valence-electron chi connectivity index (χ4n) is 2.29. The number of para-hydroxylation sites is 1. The Balaban J connectivity index is 2.01. The van der Waals surface area contributed by atoms with Gasteiger partial charge in [0.25, 0.3) is 0 Å². The number of hydrogen-bond donors (Lipinski definition) is 1. The van der Waals surface area contributed by atoms with Crippen LogP contribution in [-0.4, -0.2) is 20.2 Å². The summed E-state index contributed by atoms with van der Waals surface area (Å²) in [7, 11) is 0. The molecular formula is C15H10N4. The lowest BCUT2D eigenvalue weighted by molar-refractivity contribution is 1.08. The van der Waals surface area contributed by atoms with E-state index in [1.165, 1.54) is 0 Å². The minimum atomic E-state index is 0.844. The Kier molecular flexibility index (Phi) is 2.08. The van der Waals surface area contributed by atoms with Crippen molar-refractivity contribution in [2.75, 3.05) is 0 Å². The lowest BCUT2D eigenvalue weighted by Gasteiger charge is -2.02. The molecule has 4 heteroatoms. The van der Waals surface area contributed by atoms with Gasteiger partial charge in [-0.1, -0.05) is 30.3 Å². The number of nitrogens with zero attached hydrogens (tertiary/aromatic N) is 3. The number of aromatic amines is 1. The smallest absolute Gasteiger partial charge is 0.0977 e. The van der Waals surface area contributed by atoms with E-state index in [0.29, 0.717) is 0 Å². The zero-order valence-electron chi connectivity index (χ0n) is 10.0. The quantitative estimate of drug-likeness (QED) is 0.561. The topological polar surface area (TPSA) is 54.5 Å². The molecule has 0 amide bonds.